The SMILES string of the molecule is [2H]C([2H])(OP(=O)(O)O)[C@@]1(F)O[C@@]([2H])(n2cc(C#C)c(=O)[nH]c2=S)[C@H](O)[C@@H]1O. The lowest BCUT2D eigenvalue weighted by molar-refractivity contribution is -0.204. The Hall–Kier alpha value is -1.42. The number of ether oxygens (including phenoxy) is 1. The predicted molar refractivity (Wildman–Crippen MR) is 77.8 cm³/mol. The molecule has 0 saturated carbocycles. The number of halogens is 1. The number of hydrogen-bond acceptors (Lipinski definition) is 7. The van der Waals surface area contributed by atoms with Gasteiger partial charge in [0.25, 0.3) is 11.4 Å². The smallest absolute Gasteiger partial charge is 0.385 e. The molecule has 1 saturated heterocycles. The summed E-state index contributed by atoms with van der Waals surface area (Å²) < 4.78 is 56.9. The fraction of sp³-hybridized carbons (Fsp3) is 0.455. The molecule has 24 heavy (non-hydrogen) atoms. The van der Waals surface area contributed by atoms with Gasteiger partial charge >= 0.3 is 7.82 Å². The highest BCUT2D eigenvalue weighted by Crippen LogP contribution is 2.43. The van der Waals surface area contributed by atoms with E-state index >= 15 is 4.39 Å². The fourth-order valence-corrected chi connectivity index (χ4v) is 2.22. The molecule has 0 spiro atoms. The Morgan fingerprint density at radius 2 is 2.33 bits per heavy atom. The molecular weight excluding hydrogens is 370 g/mol. The Balaban J connectivity index is 2.63. The first-order chi connectivity index (χ1) is 12.1. The average Bonchev–Trinajstić information content (AvgIpc) is 2.68. The monoisotopic (exact) mass is 385 g/mol. The second-order valence-corrected chi connectivity index (χ2v) is 6.03. The highest BCUT2D eigenvalue weighted by Gasteiger charge is 2.57. The summed E-state index contributed by atoms with van der Waals surface area (Å²) in [5.74, 6) is -2.21. The molecule has 4 atom stereocenters. The van der Waals surface area contributed by atoms with Crippen LogP contribution in [0, 0.1) is 17.1 Å². The van der Waals surface area contributed by atoms with E-state index in [1.165, 1.54) is 0 Å². The molecule has 10 nitrogen and oxygen atoms in total. The van der Waals surface area contributed by atoms with Gasteiger partial charge in [0.2, 0.25) is 0 Å². The summed E-state index contributed by atoms with van der Waals surface area (Å²) in [4.78, 5) is 31.1. The zero-order valence-corrected chi connectivity index (χ0v) is 13.1. The van der Waals surface area contributed by atoms with E-state index in [1.54, 1.807) is 0 Å². The van der Waals surface area contributed by atoms with Gasteiger partial charge in [-0.15, -0.1) is 6.42 Å². The minimum atomic E-state index is -5.62. The van der Waals surface area contributed by atoms with Crippen molar-refractivity contribution in [3.63, 3.8) is 0 Å². The summed E-state index contributed by atoms with van der Waals surface area (Å²) in [7, 11) is -5.62. The molecule has 0 unspecified atom stereocenters. The molecule has 0 radical (unpaired) electrons. The Morgan fingerprint density at radius 1 is 1.71 bits per heavy atom. The van der Waals surface area contributed by atoms with E-state index in [-0.39, 0.29) is 0 Å². The molecule has 132 valence electrons. The first-order valence-corrected chi connectivity index (χ1v) is 7.87. The zero-order valence-electron chi connectivity index (χ0n) is 14.4. The van der Waals surface area contributed by atoms with Gasteiger partial charge in [-0.25, -0.2) is 8.96 Å². The van der Waals surface area contributed by atoms with Crippen LogP contribution in [0.5, 0.6) is 0 Å². The Labute approximate surface area is 142 Å². The Kier molecular flexibility index (Phi) is 4.01. The molecule has 13 heteroatoms. The van der Waals surface area contributed by atoms with Gasteiger partial charge in [0.15, 0.2) is 11.0 Å². The second kappa shape index (κ2) is 6.47. The van der Waals surface area contributed by atoms with Crippen molar-refractivity contribution in [2.75, 3.05) is 6.56 Å². The summed E-state index contributed by atoms with van der Waals surface area (Å²) in [6.07, 6.45) is -2.70. The molecule has 1 aliphatic rings. The Morgan fingerprint density at radius 3 is 2.88 bits per heavy atom. The van der Waals surface area contributed by atoms with Gasteiger partial charge in [-0.05, 0) is 12.2 Å². The van der Waals surface area contributed by atoms with E-state index in [9.17, 15) is 19.6 Å². The number of terminal acetylenes is 1. The van der Waals surface area contributed by atoms with Crippen molar-refractivity contribution in [1.29, 1.82) is 0 Å². The van der Waals surface area contributed by atoms with Crippen molar-refractivity contribution in [3.05, 3.63) is 26.9 Å². The molecule has 1 aliphatic heterocycles. The molecule has 1 fully saturated rings. The minimum absolute atomic E-state index is 0.425. The van der Waals surface area contributed by atoms with Crippen LogP contribution in [-0.4, -0.2) is 54.2 Å². The van der Waals surface area contributed by atoms with Crippen molar-refractivity contribution in [2.24, 2.45) is 0 Å². The number of aromatic amines is 1. The number of hydrogen-bond donors (Lipinski definition) is 5. The van der Waals surface area contributed by atoms with Crippen LogP contribution in [-0.2, 0) is 13.8 Å². The second-order valence-electron chi connectivity index (χ2n) is 4.48. The highest BCUT2D eigenvalue weighted by atomic mass is 32.1. The molecular formula is C11H12FN2O8PS. The van der Waals surface area contributed by atoms with E-state index < -0.39 is 54.5 Å². The lowest BCUT2D eigenvalue weighted by Gasteiger charge is -2.23. The van der Waals surface area contributed by atoms with E-state index in [4.69, 9.17) is 32.5 Å². The van der Waals surface area contributed by atoms with Crippen molar-refractivity contribution in [2.45, 2.75) is 24.3 Å². The standard InChI is InChI=1S/C11H12FN2O8PS/c1-2-5-3-14(10(24)13-8(5)17)9-6(15)7(16)11(12,22-9)4-21-23(18,19)20/h1,3,6-7,9,15-16H,4H2,(H,13,17,24)(H2,18,19,20)/t6-,7+,9-,11-/m1/s1/i4D2,9D. The van der Waals surface area contributed by atoms with Crippen LogP contribution in [0.2, 0.25) is 0 Å². The first-order valence-electron chi connectivity index (χ1n) is 7.43. The molecule has 0 amide bonds. The highest BCUT2D eigenvalue weighted by molar-refractivity contribution is 7.71. The summed E-state index contributed by atoms with van der Waals surface area (Å²) in [6.45, 7) is -4.02. The zero-order chi connectivity index (χ0) is 21.0. The predicted octanol–water partition coefficient (Wildman–Crippen LogP) is -1.09. The largest absolute Gasteiger partial charge is 0.469 e. The Bertz CT molecular complexity index is 976. The van der Waals surface area contributed by atoms with Gasteiger partial charge in [0.05, 0.1) is 4.11 Å². The van der Waals surface area contributed by atoms with Gasteiger partial charge in [-0.3, -0.25) is 18.9 Å². The van der Waals surface area contributed by atoms with Crippen molar-refractivity contribution < 1.29 is 42.3 Å². The topological polar surface area (TPSA) is 154 Å². The maximum atomic E-state index is 15.1. The minimum Gasteiger partial charge on any atom is -0.385 e. The molecule has 1 aromatic rings. The van der Waals surface area contributed by atoms with Crippen LogP contribution in [0.25, 0.3) is 0 Å². The van der Waals surface area contributed by atoms with Crippen LogP contribution in [0.4, 0.5) is 4.39 Å². The molecule has 0 bridgehead atoms. The number of aromatic nitrogens is 2. The third-order valence-electron chi connectivity index (χ3n) is 2.82. The van der Waals surface area contributed by atoms with Gasteiger partial charge in [0.1, 0.15) is 24.3 Å². The van der Waals surface area contributed by atoms with Gasteiger partial charge in [0, 0.05) is 6.20 Å². The molecule has 0 aliphatic carbocycles. The van der Waals surface area contributed by atoms with Crippen molar-refractivity contribution >= 4 is 20.0 Å². The van der Waals surface area contributed by atoms with Crippen molar-refractivity contribution in [1.82, 2.24) is 9.55 Å². The van der Waals surface area contributed by atoms with E-state index in [0.717, 1.165) is 6.20 Å². The third-order valence-corrected chi connectivity index (χ3v) is 3.45. The van der Waals surface area contributed by atoms with Gasteiger partial charge in [-0.1, -0.05) is 5.92 Å². The first kappa shape index (κ1) is 14.9. The average molecular weight is 385 g/mol. The molecule has 0 aromatic carbocycles. The number of phosphoric acid groups is 1. The van der Waals surface area contributed by atoms with E-state index in [1.807, 2.05) is 10.9 Å². The fourth-order valence-electron chi connectivity index (χ4n) is 1.74. The van der Waals surface area contributed by atoms with Crippen LogP contribution >= 0.6 is 20.0 Å². The number of aliphatic hydroxyl groups excluding tert-OH is 2. The normalized spacial score (nSPS) is 35.8. The number of H-pyrrole nitrogens is 1. The van der Waals surface area contributed by atoms with E-state index in [2.05, 4.69) is 9.26 Å². The number of alkyl halides is 1. The summed E-state index contributed by atoms with van der Waals surface area (Å²) in [5, 5.41) is 20.0. The van der Waals surface area contributed by atoms with Crippen LogP contribution in [0.3, 0.4) is 0 Å². The van der Waals surface area contributed by atoms with Crippen LogP contribution in [0.15, 0.2) is 11.0 Å². The number of nitrogens with zero attached hydrogens (tertiary/aromatic N) is 1. The van der Waals surface area contributed by atoms with Gasteiger partial charge < -0.3 is 24.7 Å². The van der Waals surface area contributed by atoms with Crippen LogP contribution in [0.1, 0.15) is 15.9 Å². The maximum absolute atomic E-state index is 15.1. The number of rotatable bonds is 4. The number of aliphatic hydroxyl groups is 2. The number of nitrogens with one attached hydrogen (secondary N) is 1. The lowest BCUT2D eigenvalue weighted by Crippen LogP contribution is -2.42. The summed E-state index contributed by atoms with van der Waals surface area (Å²) >= 11 is 4.78. The van der Waals surface area contributed by atoms with Gasteiger partial charge in [-0.2, -0.15) is 0 Å². The third kappa shape index (κ3) is 3.64. The van der Waals surface area contributed by atoms with Crippen molar-refractivity contribution in [3.8, 4) is 12.3 Å². The summed E-state index contributed by atoms with van der Waals surface area (Å²) in [5.41, 5.74) is -1.28. The summed E-state index contributed by atoms with van der Waals surface area (Å²) in [6, 6.07) is 0. The van der Waals surface area contributed by atoms with E-state index in [0.29, 0.717) is 4.57 Å². The quantitative estimate of drug-likeness (QED) is 0.247. The molecule has 2 rings (SSSR count). The lowest BCUT2D eigenvalue weighted by atomic mass is 10.1. The molecule has 5 N–H and O–H groups in total. The molecule has 1 aromatic heterocycles. The van der Waals surface area contributed by atoms with Crippen LogP contribution < -0.4 is 5.56 Å². The molecule has 2 heterocycles. The maximum Gasteiger partial charge on any atom is 0.469 e. The number of phosphoric ester groups is 1.